The van der Waals surface area contributed by atoms with Crippen molar-refractivity contribution in [1.29, 1.82) is 0 Å². The van der Waals surface area contributed by atoms with Gasteiger partial charge in [-0.05, 0) is 60.7 Å². The van der Waals surface area contributed by atoms with E-state index in [-0.39, 0.29) is 17.9 Å². The topological polar surface area (TPSA) is 115 Å². The molecule has 0 unspecified atom stereocenters. The maximum atomic E-state index is 12.7. The van der Waals surface area contributed by atoms with Crippen molar-refractivity contribution >= 4 is 29.2 Å². The third kappa shape index (κ3) is 4.20. The van der Waals surface area contributed by atoms with Gasteiger partial charge < -0.3 is 14.3 Å². The summed E-state index contributed by atoms with van der Waals surface area (Å²) in [6, 6.07) is 9.21. The molecule has 4 rings (SSSR count). The molecule has 2 N–H and O–H groups in total. The van der Waals surface area contributed by atoms with Crippen LogP contribution >= 0.6 is 11.3 Å². The van der Waals surface area contributed by atoms with Crippen molar-refractivity contribution in [3.05, 3.63) is 46.8 Å². The Kier molecular flexibility index (Phi) is 5.80. The quantitative estimate of drug-likeness (QED) is 0.598. The summed E-state index contributed by atoms with van der Waals surface area (Å²) in [6.07, 6.45) is 2.93. The molecule has 30 heavy (non-hydrogen) atoms. The zero-order valence-electron chi connectivity index (χ0n) is 16.3. The van der Waals surface area contributed by atoms with E-state index in [1.807, 2.05) is 29.6 Å². The molecule has 156 valence electrons. The Bertz CT molecular complexity index is 1040. The highest BCUT2D eigenvalue weighted by atomic mass is 32.1. The van der Waals surface area contributed by atoms with E-state index in [2.05, 4.69) is 15.5 Å². The number of methoxy groups -OCH3 is 1. The second kappa shape index (κ2) is 8.66. The maximum absolute atomic E-state index is 12.7. The number of carbonyl (C=O) groups is 2. The van der Waals surface area contributed by atoms with Crippen LogP contribution in [0.1, 0.15) is 47.5 Å². The number of hydrogen-bond donors (Lipinski definition) is 2. The largest absolute Gasteiger partial charge is 0.496 e. The lowest BCUT2D eigenvalue weighted by molar-refractivity contribution is -0.142. The van der Waals surface area contributed by atoms with Gasteiger partial charge in [0.05, 0.1) is 23.5 Å². The van der Waals surface area contributed by atoms with Crippen LogP contribution in [0.3, 0.4) is 0 Å². The van der Waals surface area contributed by atoms with Crippen LogP contribution < -0.4 is 10.1 Å². The Morgan fingerprint density at radius 1 is 1.20 bits per heavy atom. The van der Waals surface area contributed by atoms with Gasteiger partial charge in [0.15, 0.2) is 0 Å². The second-order valence-corrected chi connectivity index (χ2v) is 8.14. The van der Waals surface area contributed by atoms with Crippen molar-refractivity contribution < 1.29 is 23.8 Å². The van der Waals surface area contributed by atoms with Crippen LogP contribution in [0, 0.1) is 5.92 Å². The number of anilines is 1. The molecule has 9 heteroatoms. The first-order valence-electron chi connectivity index (χ1n) is 9.64. The average Bonchev–Trinajstić information content (AvgIpc) is 3.45. The van der Waals surface area contributed by atoms with Gasteiger partial charge in [0.25, 0.3) is 11.8 Å². The fourth-order valence-corrected chi connectivity index (χ4v) is 4.41. The summed E-state index contributed by atoms with van der Waals surface area (Å²) in [5.41, 5.74) is 1.40. The molecule has 1 amide bonds. The minimum atomic E-state index is -0.721. The highest BCUT2D eigenvalue weighted by molar-refractivity contribution is 7.13. The summed E-state index contributed by atoms with van der Waals surface area (Å²) in [7, 11) is 1.51. The number of nitrogens with zero attached hydrogens (tertiary/aromatic N) is 2. The van der Waals surface area contributed by atoms with E-state index in [1.54, 1.807) is 6.07 Å². The van der Waals surface area contributed by atoms with E-state index in [9.17, 15) is 9.59 Å². The zero-order chi connectivity index (χ0) is 21.1. The van der Waals surface area contributed by atoms with Crippen molar-refractivity contribution in [2.45, 2.75) is 31.6 Å². The van der Waals surface area contributed by atoms with Gasteiger partial charge in [0.2, 0.25) is 0 Å². The molecule has 1 saturated carbocycles. The van der Waals surface area contributed by atoms with Gasteiger partial charge in [-0.3, -0.25) is 14.9 Å². The van der Waals surface area contributed by atoms with Crippen LogP contribution in [0.2, 0.25) is 0 Å². The zero-order valence-corrected chi connectivity index (χ0v) is 17.1. The molecule has 0 saturated heterocycles. The molecule has 3 aromatic rings. The summed E-state index contributed by atoms with van der Waals surface area (Å²) in [6.45, 7) is 0. The molecule has 1 aromatic carbocycles. The molecule has 2 heterocycles. The lowest BCUT2D eigenvalue weighted by Crippen LogP contribution is -2.20. The Morgan fingerprint density at radius 2 is 2.00 bits per heavy atom. The average molecular weight is 427 g/mol. The highest BCUT2D eigenvalue weighted by Gasteiger charge is 2.27. The lowest BCUT2D eigenvalue weighted by Gasteiger charge is -2.26. The first kappa shape index (κ1) is 20.1. The number of nitrogens with one attached hydrogen (secondary N) is 1. The molecule has 1 aliphatic carbocycles. The van der Waals surface area contributed by atoms with Gasteiger partial charge in [-0.25, -0.2) is 0 Å². The third-order valence-electron chi connectivity index (χ3n) is 5.40. The number of carbonyl (C=O) groups excluding carboxylic acids is 1. The predicted octanol–water partition coefficient (Wildman–Crippen LogP) is 4.42. The van der Waals surface area contributed by atoms with E-state index in [0.717, 1.165) is 23.3 Å². The highest BCUT2D eigenvalue weighted by Crippen LogP contribution is 2.37. The fraction of sp³-hybridized carbons (Fsp3) is 0.333. The van der Waals surface area contributed by atoms with Crippen molar-refractivity contribution in [2.24, 2.45) is 5.92 Å². The van der Waals surface area contributed by atoms with Crippen LogP contribution in [-0.4, -0.2) is 34.3 Å². The number of rotatable bonds is 6. The Morgan fingerprint density at radius 3 is 2.67 bits per heavy atom. The van der Waals surface area contributed by atoms with Gasteiger partial charge in [-0.15, -0.1) is 16.4 Å². The summed E-state index contributed by atoms with van der Waals surface area (Å²) in [5.74, 6) is -0.337. The Labute approximate surface area is 176 Å². The summed E-state index contributed by atoms with van der Waals surface area (Å²) in [5, 5.41) is 21.5. The Hall–Kier alpha value is -3.20. The standard InChI is InChI=1S/C21H21N3O5S/c1-28-16-11-14(12-4-6-13(7-5-12)20(26)27)8-9-15(16)18(25)22-21-24-23-19(29-21)17-3-2-10-30-17/h2-3,8-13H,4-7H2,1H3,(H,26,27)(H,22,24,25). The van der Waals surface area contributed by atoms with Crippen molar-refractivity contribution in [2.75, 3.05) is 12.4 Å². The number of aliphatic carboxylic acids is 1. The first-order chi connectivity index (χ1) is 14.5. The predicted molar refractivity (Wildman–Crippen MR) is 111 cm³/mol. The number of carboxylic acid groups (broad SMARTS) is 1. The third-order valence-corrected chi connectivity index (χ3v) is 6.25. The second-order valence-electron chi connectivity index (χ2n) is 7.19. The maximum Gasteiger partial charge on any atom is 0.322 e. The van der Waals surface area contributed by atoms with Crippen molar-refractivity contribution in [3.63, 3.8) is 0 Å². The smallest absolute Gasteiger partial charge is 0.322 e. The summed E-state index contributed by atoms with van der Waals surface area (Å²) >= 11 is 1.47. The van der Waals surface area contributed by atoms with Crippen LogP contribution in [-0.2, 0) is 4.79 Å². The van der Waals surface area contributed by atoms with Crippen LogP contribution in [0.25, 0.3) is 10.8 Å². The van der Waals surface area contributed by atoms with Crippen molar-refractivity contribution in [3.8, 4) is 16.5 Å². The van der Waals surface area contributed by atoms with Gasteiger partial charge in [0, 0.05) is 0 Å². The molecule has 0 atom stereocenters. The molecule has 1 aliphatic rings. The number of thiophene rings is 1. The van der Waals surface area contributed by atoms with Crippen molar-refractivity contribution in [1.82, 2.24) is 10.2 Å². The molecule has 0 spiro atoms. The van der Waals surface area contributed by atoms with E-state index < -0.39 is 11.9 Å². The monoisotopic (exact) mass is 427 g/mol. The SMILES string of the molecule is COc1cc(C2CCC(C(=O)O)CC2)ccc1C(=O)Nc1nnc(-c2cccs2)o1. The molecular formula is C21H21N3O5S. The number of amides is 1. The minimum absolute atomic E-state index is 0.0153. The van der Waals surface area contributed by atoms with Gasteiger partial charge in [0.1, 0.15) is 5.75 Å². The number of carboxylic acids is 1. The molecule has 0 radical (unpaired) electrons. The fourth-order valence-electron chi connectivity index (χ4n) is 3.76. The Balaban J connectivity index is 1.46. The molecular weight excluding hydrogens is 406 g/mol. The van der Waals surface area contributed by atoms with Gasteiger partial charge in [-0.1, -0.05) is 17.2 Å². The molecule has 0 bridgehead atoms. The summed E-state index contributed by atoms with van der Waals surface area (Å²) < 4.78 is 10.9. The number of ether oxygens (including phenoxy) is 1. The first-order valence-corrected chi connectivity index (χ1v) is 10.5. The van der Waals surface area contributed by atoms with Crippen LogP contribution in [0.5, 0.6) is 5.75 Å². The van der Waals surface area contributed by atoms with Crippen LogP contribution in [0.15, 0.2) is 40.1 Å². The van der Waals surface area contributed by atoms with Crippen LogP contribution in [0.4, 0.5) is 6.01 Å². The van der Waals surface area contributed by atoms with Gasteiger partial charge >= 0.3 is 12.0 Å². The molecule has 8 nitrogen and oxygen atoms in total. The van der Waals surface area contributed by atoms with Gasteiger partial charge in [-0.2, -0.15) is 0 Å². The molecule has 2 aromatic heterocycles. The van der Waals surface area contributed by atoms with E-state index >= 15 is 0 Å². The number of aromatic nitrogens is 2. The van der Waals surface area contributed by atoms with E-state index in [0.29, 0.717) is 30.0 Å². The van der Waals surface area contributed by atoms with E-state index in [1.165, 1.54) is 18.4 Å². The minimum Gasteiger partial charge on any atom is -0.496 e. The number of hydrogen-bond acceptors (Lipinski definition) is 7. The summed E-state index contributed by atoms with van der Waals surface area (Å²) in [4.78, 5) is 24.7. The normalized spacial score (nSPS) is 18.7. The lowest BCUT2D eigenvalue weighted by atomic mass is 9.78. The van der Waals surface area contributed by atoms with E-state index in [4.69, 9.17) is 14.3 Å². The molecule has 0 aliphatic heterocycles. The molecule has 1 fully saturated rings. The number of benzene rings is 1.